The van der Waals surface area contributed by atoms with Gasteiger partial charge in [0, 0.05) is 32.6 Å². The van der Waals surface area contributed by atoms with Crippen LogP contribution in [0.25, 0.3) is 0 Å². The molecular weight excluding hydrogens is 388 g/mol. The van der Waals surface area contributed by atoms with Gasteiger partial charge in [0.05, 0.1) is 23.5 Å². The Morgan fingerprint density at radius 2 is 1.81 bits per heavy atom. The molecule has 0 saturated carbocycles. The molecular formula is C25H29N4O2+. The number of hydrogen-bond donors (Lipinski definition) is 3. The fourth-order valence-corrected chi connectivity index (χ4v) is 4.38. The van der Waals surface area contributed by atoms with E-state index in [9.17, 15) is 9.59 Å². The van der Waals surface area contributed by atoms with Crippen molar-refractivity contribution >= 4 is 17.5 Å². The number of aromatic nitrogens is 1. The van der Waals surface area contributed by atoms with Crippen molar-refractivity contribution in [2.45, 2.75) is 25.4 Å². The van der Waals surface area contributed by atoms with Crippen molar-refractivity contribution in [1.82, 2.24) is 9.88 Å². The predicted octanol–water partition coefficient (Wildman–Crippen LogP) is 2.31. The van der Waals surface area contributed by atoms with Gasteiger partial charge in [0.15, 0.2) is 6.54 Å². The number of amides is 2. The Hall–Kier alpha value is -3.38. The molecule has 1 aliphatic heterocycles. The number of hydrogen-bond acceptors (Lipinski definition) is 2. The number of anilines is 1. The number of quaternary nitrogens is 1. The van der Waals surface area contributed by atoms with Crippen molar-refractivity contribution in [3.8, 4) is 0 Å². The highest BCUT2D eigenvalue weighted by Crippen LogP contribution is 2.19. The second kappa shape index (κ2) is 9.62. The van der Waals surface area contributed by atoms with Gasteiger partial charge in [-0.2, -0.15) is 0 Å². The van der Waals surface area contributed by atoms with E-state index in [1.54, 1.807) is 12.1 Å². The lowest BCUT2D eigenvalue weighted by Gasteiger charge is -2.22. The molecule has 31 heavy (non-hydrogen) atoms. The predicted molar refractivity (Wildman–Crippen MR) is 121 cm³/mol. The average Bonchev–Trinajstić information content (AvgIpc) is 3.41. The van der Waals surface area contributed by atoms with E-state index < -0.39 is 0 Å². The van der Waals surface area contributed by atoms with Crippen LogP contribution in [-0.2, 0) is 18.4 Å². The normalized spacial score (nSPS) is 18.0. The molecule has 4 rings (SSSR count). The number of rotatable bonds is 7. The second-order valence-electron chi connectivity index (χ2n) is 8.09. The third-order valence-electron chi connectivity index (χ3n) is 5.95. The molecule has 3 aromatic rings. The minimum absolute atomic E-state index is 0.0700. The largest absolute Gasteiger partial charge is 0.350 e. The van der Waals surface area contributed by atoms with Gasteiger partial charge in [0.25, 0.3) is 11.8 Å². The zero-order chi connectivity index (χ0) is 21.6. The minimum atomic E-state index is -0.199. The molecule has 0 aliphatic carbocycles. The van der Waals surface area contributed by atoms with Crippen LogP contribution in [0, 0.1) is 0 Å². The van der Waals surface area contributed by atoms with Crippen LogP contribution in [0.3, 0.4) is 0 Å². The molecule has 3 N–H and O–H groups in total. The van der Waals surface area contributed by atoms with Crippen LogP contribution in [0.5, 0.6) is 0 Å². The van der Waals surface area contributed by atoms with Crippen molar-refractivity contribution < 1.29 is 14.5 Å². The maximum absolute atomic E-state index is 12.9. The highest BCUT2D eigenvalue weighted by atomic mass is 16.2. The third-order valence-corrected chi connectivity index (χ3v) is 5.95. The summed E-state index contributed by atoms with van der Waals surface area (Å²) in [5.74, 6) is -0.269. The minimum Gasteiger partial charge on any atom is -0.350 e. The molecule has 2 atom stereocenters. The number of nitrogens with one attached hydrogen (secondary N) is 3. The first kappa shape index (κ1) is 20.9. The summed E-state index contributed by atoms with van der Waals surface area (Å²) in [5, 5.41) is 5.91. The fraction of sp³-hybridized carbons (Fsp3) is 0.280. The molecule has 160 valence electrons. The molecule has 6 heteroatoms. The van der Waals surface area contributed by atoms with E-state index in [0.29, 0.717) is 30.4 Å². The number of nitrogens with zero attached hydrogens (tertiary/aromatic N) is 1. The Kier molecular flexibility index (Phi) is 6.48. The number of carbonyl (C=O) groups excluding carboxylic acids is 2. The highest BCUT2D eigenvalue weighted by molar-refractivity contribution is 6.03. The van der Waals surface area contributed by atoms with Crippen molar-refractivity contribution in [2.24, 2.45) is 7.05 Å². The molecule has 2 heterocycles. The van der Waals surface area contributed by atoms with Crippen LogP contribution >= 0.6 is 0 Å². The summed E-state index contributed by atoms with van der Waals surface area (Å²) in [5.41, 5.74) is 3.32. The quantitative estimate of drug-likeness (QED) is 0.552. The van der Waals surface area contributed by atoms with Gasteiger partial charge in [-0.1, -0.05) is 42.5 Å². The van der Waals surface area contributed by atoms with Crippen LogP contribution in [0.4, 0.5) is 5.69 Å². The molecule has 0 bridgehead atoms. The second-order valence-corrected chi connectivity index (χ2v) is 8.09. The molecule has 1 saturated heterocycles. The van der Waals surface area contributed by atoms with E-state index in [-0.39, 0.29) is 11.8 Å². The van der Waals surface area contributed by atoms with Gasteiger partial charge in [0.1, 0.15) is 6.04 Å². The molecule has 0 radical (unpaired) electrons. The van der Waals surface area contributed by atoms with Gasteiger partial charge in [0.2, 0.25) is 0 Å². The van der Waals surface area contributed by atoms with Gasteiger partial charge < -0.3 is 20.1 Å². The fourth-order valence-electron chi connectivity index (χ4n) is 4.38. The first-order valence-corrected chi connectivity index (χ1v) is 10.8. The lowest BCUT2D eigenvalue weighted by molar-refractivity contribution is -0.910. The molecule has 1 unspecified atom stereocenters. The van der Waals surface area contributed by atoms with E-state index >= 15 is 0 Å². The summed E-state index contributed by atoms with van der Waals surface area (Å²) in [7, 11) is 2.05. The Morgan fingerprint density at radius 1 is 1.03 bits per heavy atom. The van der Waals surface area contributed by atoms with Gasteiger partial charge in [-0.25, -0.2) is 0 Å². The van der Waals surface area contributed by atoms with Crippen molar-refractivity contribution in [1.29, 1.82) is 0 Å². The number of carbonyl (C=O) groups is 2. The summed E-state index contributed by atoms with van der Waals surface area (Å²) < 4.78 is 2.14. The number of para-hydroxylation sites is 1. The van der Waals surface area contributed by atoms with Gasteiger partial charge in [-0.3, -0.25) is 9.59 Å². The molecule has 1 fully saturated rings. The smallest absolute Gasteiger partial charge is 0.279 e. The SMILES string of the molecule is Cn1cccc1[C@@H]1CCC[NH+]1CC(=O)Nc1ccccc1C(=O)NCc1ccccc1. The van der Waals surface area contributed by atoms with Gasteiger partial charge in [-0.05, 0) is 29.8 Å². The maximum Gasteiger partial charge on any atom is 0.279 e. The molecule has 6 nitrogen and oxygen atoms in total. The molecule has 1 aliphatic rings. The Labute approximate surface area is 182 Å². The standard InChI is InChI=1S/C25H28N4O2/c1-28-15-7-13-22(28)23-14-8-16-29(23)18-24(30)27-21-12-6-5-11-20(21)25(31)26-17-19-9-3-2-4-10-19/h2-7,9-13,15,23H,8,14,16-18H2,1H3,(H,26,31)(H,27,30)/p+1/t23-/m0/s1. The molecule has 2 aromatic carbocycles. The summed E-state index contributed by atoms with van der Waals surface area (Å²) in [6.45, 7) is 1.80. The number of likely N-dealkylation sites (tertiary alicyclic amines) is 1. The van der Waals surface area contributed by atoms with E-state index in [2.05, 4.69) is 40.6 Å². The summed E-state index contributed by atoms with van der Waals surface area (Å²) in [6, 6.07) is 21.5. The van der Waals surface area contributed by atoms with Crippen molar-refractivity contribution in [3.63, 3.8) is 0 Å². The van der Waals surface area contributed by atoms with Crippen LogP contribution < -0.4 is 15.5 Å². The average molecular weight is 418 g/mol. The maximum atomic E-state index is 12.9. The topological polar surface area (TPSA) is 67.6 Å². The lowest BCUT2D eigenvalue weighted by atomic mass is 10.1. The van der Waals surface area contributed by atoms with Crippen LogP contribution in [0.1, 0.15) is 40.5 Å². The zero-order valence-electron chi connectivity index (χ0n) is 17.8. The van der Waals surface area contributed by atoms with Crippen molar-refractivity contribution in [3.05, 3.63) is 89.7 Å². The third kappa shape index (κ3) is 5.03. The first-order valence-electron chi connectivity index (χ1n) is 10.8. The number of aryl methyl sites for hydroxylation is 1. The monoisotopic (exact) mass is 417 g/mol. The van der Waals surface area contributed by atoms with E-state index in [1.807, 2.05) is 42.5 Å². The number of benzene rings is 2. The van der Waals surface area contributed by atoms with Crippen LogP contribution in [0.15, 0.2) is 72.9 Å². The summed E-state index contributed by atoms with van der Waals surface area (Å²) >= 11 is 0. The molecule has 0 spiro atoms. The van der Waals surface area contributed by atoms with E-state index in [4.69, 9.17) is 0 Å². The highest BCUT2D eigenvalue weighted by Gasteiger charge is 2.33. The Bertz CT molecular complexity index is 1040. The summed E-state index contributed by atoms with van der Waals surface area (Å²) in [4.78, 5) is 26.9. The van der Waals surface area contributed by atoms with Crippen molar-refractivity contribution in [2.75, 3.05) is 18.4 Å². The first-order chi connectivity index (χ1) is 15.1. The van der Waals surface area contributed by atoms with E-state index in [1.165, 1.54) is 10.6 Å². The Morgan fingerprint density at radius 3 is 2.58 bits per heavy atom. The van der Waals surface area contributed by atoms with Crippen LogP contribution in [-0.4, -0.2) is 29.5 Å². The van der Waals surface area contributed by atoms with E-state index in [0.717, 1.165) is 24.9 Å². The molecule has 2 amide bonds. The van der Waals surface area contributed by atoms with Crippen LogP contribution in [0.2, 0.25) is 0 Å². The lowest BCUT2D eigenvalue weighted by Crippen LogP contribution is -3.11. The summed E-state index contributed by atoms with van der Waals surface area (Å²) in [6.07, 6.45) is 4.24. The zero-order valence-corrected chi connectivity index (χ0v) is 17.8. The van der Waals surface area contributed by atoms with Gasteiger partial charge >= 0.3 is 0 Å². The Balaban J connectivity index is 1.39. The van der Waals surface area contributed by atoms with Gasteiger partial charge in [-0.15, -0.1) is 0 Å². The molecule has 1 aromatic heterocycles.